The number of thiazole rings is 1. The number of halogens is 4. The third-order valence-corrected chi connectivity index (χ3v) is 6.15. The summed E-state index contributed by atoms with van der Waals surface area (Å²) in [7, 11) is 0. The molecule has 2 heterocycles. The van der Waals surface area contributed by atoms with Gasteiger partial charge in [-0.05, 0) is 18.0 Å². The molecule has 12 heteroatoms. The van der Waals surface area contributed by atoms with Gasteiger partial charge in [0.15, 0.2) is 10.8 Å². The lowest BCUT2D eigenvalue weighted by atomic mass is 10.3. The molecule has 0 spiro atoms. The van der Waals surface area contributed by atoms with Gasteiger partial charge in [0.25, 0.3) is 5.69 Å². The number of piperazine rings is 1. The van der Waals surface area contributed by atoms with Gasteiger partial charge < -0.3 is 4.90 Å². The maximum absolute atomic E-state index is 12.6. The molecule has 0 unspecified atom stereocenters. The van der Waals surface area contributed by atoms with E-state index < -0.39 is 16.8 Å². The van der Waals surface area contributed by atoms with Crippen LogP contribution in [0.15, 0.2) is 28.5 Å². The van der Waals surface area contributed by atoms with E-state index >= 15 is 0 Å². The Morgan fingerprint density at radius 1 is 1.27 bits per heavy atom. The maximum Gasteiger partial charge on any atom is 0.434 e. The highest BCUT2D eigenvalue weighted by Crippen LogP contribution is 2.35. The van der Waals surface area contributed by atoms with Crippen LogP contribution in [0.4, 0.5) is 24.0 Å². The lowest BCUT2D eigenvalue weighted by molar-refractivity contribution is -0.384. The number of nitro groups is 1. The topological polar surface area (TPSA) is 62.5 Å². The van der Waals surface area contributed by atoms with Crippen LogP contribution in [0.25, 0.3) is 0 Å². The van der Waals surface area contributed by atoms with E-state index in [2.05, 4.69) is 4.98 Å². The molecule has 1 saturated heterocycles. The van der Waals surface area contributed by atoms with E-state index in [1.165, 1.54) is 24.1 Å². The Morgan fingerprint density at radius 2 is 1.96 bits per heavy atom. The zero-order valence-electron chi connectivity index (χ0n) is 13.1. The van der Waals surface area contributed by atoms with Crippen LogP contribution in [0.1, 0.15) is 5.69 Å². The average molecular weight is 425 g/mol. The third kappa shape index (κ3) is 4.40. The number of anilines is 1. The standard InChI is InChI=1S/C14H12ClF3N4O2S2/c15-10-7-9(22(23)24)1-2-11(10)26-21-5-3-20(4-6-21)13-19-12(8-25-13)14(16,17)18/h1-2,7-8H,3-6H2. The smallest absolute Gasteiger partial charge is 0.345 e. The largest absolute Gasteiger partial charge is 0.434 e. The van der Waals surface area contributed by atoms with Gasteiger partial charge >= 0.3 is 6.18 Å². The molecule has 1 aromatic heterocycles. The van der Waals surface area contributed by atoms with E-state index in [9.17, 15) is 23.3 Å². The number of aromatic nitrogens is 1. The van der Waals surface area contributed by atoms with Crippen LogP contribution in [0.5, 0.6) is 0 Å². The zero-order chi connectivity index (χ0) is 18.9. The van der Waals surface area contributed by atoms with Crippen molar-refractivity contribution in [2.24, 2.45) is 0 Å². The number of nitrogens with zero attached hydrogens (tertiary/aromatic N) is 4. The number of nitro benzene ring substituents is 1. The Kier molecular flexibility index (Phi) is 5.61. The number of benzene rings is 1. The highest BCUT2D eigenvalue weighted by atomic mass is 35.5. The monoisotopic (exact) mass is 424 g/mol. The fraction of sp³-hybridized carbons (Fsp3) is 0.357. The van der Waals surface area contributed by atoms with Crippen LogP contribution >= 0.6 is 34.9 Å². The van der Waals surface area contributed by atoms with Gasteiger partial charge in [0.1, 0.15) is 0 Å². The van der Waals surface area contributed by atoms with E-state index in [0.29, 0.717) is 41.2 Å². The van der Waals surface area contributed by atoms with Crippen molar-refractivity contribution < 1.29 is 18.1 Å². The summed E-state index contributed by atoms with van der Waals surface area (Å²) < 4.78 is 40.0. The Bertz CT molecular complexity index is 810. The normalized spacial score (nSPS) is 16.1. The fourth-order valence-corrected chi connectivity index (χ4v) is 4.39. The minimum Gasteiger partial charge on any atom is -0.345 e. The molecule has 1 aliphatic heterocycles. The van der Waals surface area contributed by atoms with Crippen molar-refractivity contribution in [3.05, 3.63) is 44.4 Å². The highest BCUT2D eigenvalue weighted by molar-refractivity contribution is 7.97. The summed E-state index contributed by atoms with van der Waals surface area (Å²) in [4.78, 5) is 16.4. The van der Waals surface area contributed by atoms with Gasteiger partial charge in [-0.1, -0.05) is 11.6 Å². The van der Waals surface area contributed by atoms with E-state index in [4.69, 9.17) is 11.6 Å². The molecule has 1 fully saturated rings. The van der Waals surface area contributed by atoms with Gasteiger partial charge in [0, 0.05) is 48.6 Å². The quantitative estimate of drug-likeness (QED) is 0.407. The molecule has 1 aliphatic rings. The first kappa shape index (κ1) is 19.2. The molecular weight excluding hydrogens is 413 g/mol. The van der Waals surface area contributed by atoms with E-state index in [1.54, 1.807) is 6.07 Å². The molecule has 3 rings (SSSR count). The number of alkyl halides is 3. The first-order valence-corrected chi connectivity index (χ1v) is 9.41. The molecule has 0 amide bonds. The van der Waals surface area contributed by atoms with E-state index in [-0.39, 0.29) is 5.69 Å². The first-order chi connectivity index (χ1) is 12.2. The lowest BCUT2D eigenvalue weighted by Crippen LogP contribution is -2.43. The summed E-state index contributed by atoms with van der Waals surface area (Å²) in [5, 5.41) is 12.4. The summed E-state index contributed by atoms with van der Waals surface area (Å²) in [5.41, 5.74) is -0.944. The predicted octanol–water partition coefficient (Wildman–Crippen LogP) is 4.55. The second kappa shape index (κ2) is 7.59. The summed E-state index contributed by atoms with van der Waals surface area (Å²) in [6.45, 7) is 2.25. The second-order valence-corrected chi connectivity index (χ2v) is 7.77. The molecule has 1 aromatic carbocycles. The predicted molar refractivity (Wildman–Crippen MR) is 94.9 cm³/mol. The Morgan fingerprint density at radius 3 is 2.50 bits per heavy atom. The first-order valence-electron chi connectivity index (χ1n) is 7.38. The van der Waals surface area contributed by atoms with Crippen molar-refractivity contribution in [2.75, 3.05) is 31.1 Å². The van der Waals surface area contributed by atoms with Crippen LogP contribution in [0.2, 0.25) is 5.02 Å². The van der Waals surface area contributed by atoms with Crippen LogP contribution in [-0.4, -0.2) is 40.4 Å². The molecule has 140 valence electrons. The van der Waals surface area contributed by atoms with Crippen molar-refractivity contribution in [3.8, 4) is 0 Å². The Balaban J connectivity index is 1.59. The van der Waals surface area contributed by atoms with Gasteiger partial charge in [-0.25, -0.2) is 9.29 Å². The summed E-state index contributed by atoms with van der Waals surface area (Å²) in [6, 6.07) is 4.28. The maximum atomic E-state index is 12.6. The van der Waals surface area contributed by atoms with Crippen molar-refractivity contribution in [2.45, 2.75) is 11.1 Å². The zero-order valence-corrected chi connectivity index (χ0v) is 15.5. The second-order valence-electron chi connectivity index (χ2n) is 5.39. The average Bonchev–Trinajstić information content (AvgIpc) is 3.07. The number of rotatable bonds is 4. The van der Waals surface area contributed by atoms with E-state index in [1.807, 2.05) is 9.21 Å². The van der Waals surface area contributed by atoms with Crippen LogP contribution < -0.4 is 4.90 Å². The molecule has 6 nitrogen and oxygen atoms in total. The molecule has 26 heavy (non-hydrogen) atoms. The molecule has 0 bridgehead atoms. The van der Waals surface area contributed by atoms with Crippen LogP contribution in [0.3, 0.4) is 0 Å². The van der Waals surface area contributed by atoms with Crippen molar-refractivity contribution in [1.29, 1.82) is 0 Å². The number of hydrogen-bond donors (Lipinski definition) is 0. The van der Waals surface area contributed by atoms with Gasteiger partial charge in [-0.3, -0.25) is 10.1 Å². The lowest BCUT2D eigenvalue weighted by Gasteiger charge is -2.33. The fourth-order valence-electron chi connectivity index (χ4n) is 2.33. The third-order valence-electron chi connectivity index (χ3n) is 3.65. The number of hydrogen-bond acceptors (Lipinski definition) is 7. The van der Waals surface area contributed by atoms with Crippen LogP contribution in [0, 0.1) is 10.1 Å². The van der Waals surface area contributed by atoms with Gasteiger partial charge in [-0.15, -0.1) is 11.3 Å². The molecule has 0 radical (unpaired) electrons. The summed E-state index contributed by atoms with van der Waals surface area (Å²) in [5.74, 6) is 0. The van der Waals surface area contributed by atoms with Gasteiger partial charge in [0.2, 0.25) is 0 Å². The minimum absolute atomic E-state index is 0.0755. The van der Waals surface area contributed by atoms with Gasteiger partial charge in [0.05, 0.1) is 9.95 Å². The Labute approximate surface area is 159 Å². The molecular formula is C14H12ClF3N4O2S2. The molecule has 0 saturated carbocycles. The van der Waals surface area contributed by atoms with Crippen molar-refractivity contribution in [1.82, 2.24) is 9.29 Å². The molecule has 0 atom stereocenters. The van der Waals surface area contributed by atoms with Gasteiger partial charge in [-0.2, -0.15) is 13.2 Å². The summed E-state index contributed by atoms with van der Waals surface area (Å²) in [6.07, 6.45) is -4.43. The molecule has 2 aromatic rings. The van der Waals surface area contributed by atoms with Crippen molar-refractivity contribution in [3.63, 3.8) is 0 Å². The number of non-ortho nitro benzene ring substituents is 1. The molecule has 0 aliphatic carbocycles. The van der Waals surface area contributed by atoms with Crippen LogP contribution in [-0.2, 0) is 6.18 Å². The summed E-state index contributed by atoms with van der Waals surface area (Å²) >= 11 is 8.44. The Hall–Kier alpha value is -1.56. The SMILES string of the molecule is O=[N+]([O-])c1ccc(SN2CCN(c3nc(C(F)(F)F)cs3)CC2)c(Cl)c1. The molecule has 0 N–H and O–H groups in total. The van der Waals surface area contributed by atoms with Crippen molar-refractivity contribution >= 4 is 45.7 Å². The minimum atomic E-state index is -4.43. The highest BCUT2D eigenvalue weighted by Gasteiger charge is 2.34. The van der Waals surface area contributed by atoms with E-state index in [0.717, 1.165) is 16.7 Å².